The number of benzene rings is 1. The smallest absolute Gasteiger partial charge is 0.183 e. The minimum atomic E-state index is 0.231. The van der Waals surface area contributed by atoms with Crippen LogP contribution in [0.5, 0.6) is 0 Å². The minimum absolute atomic E-state index is 0.231. The molecule has 1 saturated carbocycles. The first-order valence-electron chi connectivity index (χ1n) is 8.11. The van der Waals surface area contributed by atoms with Gasteiger partial charge in [-0.2, -0.15) is 0 Å². The van der Waals surface area contributed by atoms with Crippen LogP contribution in [0.2, 0.25) is 0 Å². The molecule has 4 rings (SSSR count). The average Bonchev–Trinajstić information content (AvgIpc) is 2.95. The van der Waals surface area contributed by atoms with Gasteiger partial charge in [0.05, 0.1) is 5.69 Å². The lowest BCUT2D eigenvalue weighted by Crippen LogP contribution is -2.30. The molecule has 0 aliphatic heterocycles. The maximum absolute atomic E-state index is 12.7. The number of rotatable bonds is 0. The normalized spacial score (nSPS) is 28.7. The zero-order valence-corrected chi connectivity index (χ0v) is 13.1. The molecule has 2 aliphatic carbocycles. The van der Waals surface area contributed by atoms with Crippen LogP contribution >= 0.6 is 0 Å². The number of hydrogen-bond donors (Lipinski definition) is 1. The van der Waals surface area contributed by atoms with Crippen molar-refractivity contribution >= 4 is 16.7 Å². The van der Waals surface area contributed by atoms with E-state index in [1.807, 2.05) is 6.07 Å². The number of carbonyl (C=O) groups excluding carboxylic acids is 1. The van der Waals surface area contributed by atoms with Crippen molar-refractivity contribution in [3.8, 4) is 0 Å². The van der Waals surface area contributed by atoms with Crippen molar-refractivity contribution in [1.29, 1.82) is 0 Å². The number of carbonyl (C=O) groups is 1. The molecule has 1 heterocycles. The van der Waals surface area contributed by atoms with E-state index in [9.17, 15) is 4.79 Å². The molecule has 1 N–H and O–H groups in total. The fraction of sp³-hybridized carbons (Fsp3) is 0.526. The Morgan fingerprint density at radius 1 is 1.10 bits per heavy atom. The van der Waals surface area contributed by atoms with Gasteiger partial charge in [0, 0.05) is 16.8 Å². The van der Waals surface area contributed by atoms with Crippen LogP contribution in [0.15, 0.2) is 24.3 Å². The number of fused-ring (bicyclic) bond motifs is 5. The Kier molecular flexibility index (Phi) is 2.64. The molecule has 0 spiro atoms. The second-order valence-corrected chi connectivity index (χ2v) is 7.91. The summed E-state index contributed by atoms with van der Waals surface area (Å²) in [4.78, 5) is 16.1. The predicted molar refractivity (Wildman–Crippen MR) is 85.7 cm³/mol. The summed E-state index contributed by atoms with van der Waals surface area (Å²) < 4.78 is 0. The summed E-state index contributed by atoms with van der Waals surface area (Å²) in [7, 11) is 0. The van der Waals surface area contributed by atoms with Crippen molar-refractivity contribution in [1.82, 2.24) is 4.98 Å². The Balaban J connectivity index is 1.82. The quantitative estimate of drug-likeness (QED) is 0.731. The van der Waals surface area contributed by atoms with Crippen molar-refractivity contribution in [2.75, 3.05) is 0 Å². The summed E-state index contributed by atoms with van der Waals surface area (Å²) in [6.07, 6.45) is 3.41. The molecule has 21 heavy (non-hydrogen) atoms. The summed E-state index contributed by atoms with van der Waals surface area (Å²) in [5.74, 6) is 1.74. The fourth-order valence-corrected chi connectivity index (χ4v) is 4.52. The Bertz CT molecular complexity index is 719. The van der Waals surface area contributed by atoms with Crippen molar-refractivity contribution in [3.63, 3.8) is 0 Å². The largest absolute Gasteiger partial charge is 0.352 e. The zero-order chi connectivity index (χ0) is 14.8. The third kappa shape index (κ3) is 1.81. The maximum Gasteiger partial charge on any atom is 0.183 e. The minimum Gasteiger partial charge on any atom is -0.352 e. The van der Waals surface area contributed by atoms with Gasteiger partial charge in [0.2, 0.25) is 0 Å². The van der Waals surface area contributed by atoms with Gasteiger partial charge in [0.1, 0.15) is 0 Å². The van der Waals surface area contributed by atoms with Gasteiger partial charge in [-0.15, -0.1) is 0 Å². The molecule has 0 amide bonds. The number of nitrogens with one attached hydrogen (secondary N) is 1. The molecular formula is C19H23NO. The number of Topliss-reactive ketones (excluding diaryl/α,β-unsaturated/α-hetero) is 1. The SMILES string of the molecule is CC(C)(C)[C@@H]1CC[C@H]2C(=O)c3[nH]c4ccccc4c3[C@H]2C1. The molecule has 0 radical (unpaired) electrons. The van der Waals surface area contributed by atoms with Gasteiger partial charge < -0.3 is 4.98 Å². The average molecular weight is 281 g/mol. The summed E-state index contributed by atoms with van der Waals surface area (Å²) in [5.41, 5.74) is 3.67. The number of para-hydroxylation sites is 1. The standard InChI is InChI=1S/C19H23NO/c1-19(2,3)11-8-9-12-14(10-11)16-13-6-4-5-7-15(13)20-17(16)18(12)21/h4-7,11-12,14,20H,8-10H2,1-3H3/t11-,12-,14+/m1/s1. The van der Waals surface area contributed by atoms with E-state index in [2.05, 4.69) is 44.0 Å². The van der Waals surface area contributed by atoms with Crippen LogP contribution in [-0.2, 0) is 0 Å². The van der Waals surface area contributed by atoms with Crippen LogP contribution in [0.4, 0.5) is 0 Å². The first-order valence-corrected chi connectivity index (χ1v) is 8.11. The van der Waals surface area contributed by atoms with E-state index >= 15 is 0 Å². The summed E-state index contributed by atoms with van der Waals surface area (Å²) in [6.45, 7) is 7.01. The lowest BCUT2D eigenvalue weighted by molar-refractivity contribution is 0.0812. The van der Waals surface area contributed by atoms with E-state index in [0.717, 1.165) is 24.1 Å². The molecule has 2 aromatic rings. The van der Waals surface area contributed by atoms with Gasteiger partial charge >= 0.3 is 0 Å². The first-order chi connectivity index (χ1) is 9.97. The highest BCUT2D eigenvalue weighted by Gasteiger charge is 2.47. The molecule has 0 saturated heterocycles. The molecule has 1 fully saturated rings. The van der Waals surface area contributed by atoms with Crippen LogP contribution in [0.1, 0.15) is 62.0 Å². The van der Waals surface area contributed by atoms with Gasteiger partial charge in [0.15, 0.2) is 5.78 Å². The fourth-order valence-electron chi connectivity index (χ4n) is 4.52. The number of aromatic amines is 1. The zero-order valence-electron chi connectivity index (χ0n) is 13.1. The van der Waals surface area contributed by atoms with E-state index in [0.29, 0.717) is 23.0 Å². The van der Waals surface area contributed by atoms with Crippen LogP contribution in [-0.4, -0.2) is 10.8 Å². The molecule has 2 heteroatoms. The molecule has 1 aromatic carbocycles. The number of H-pyrrole nitrogens is 1. The van der Waals surface area contributed by atoms with Crippen LogP contribution < -0.4 is 0 Å². The molecule has 1 aromatic heterocycles. The van der Waals surface area contributed by atoms with E-state index < -0.39 is 0 Å². The second kappa shape index (κ2) is 4.22. The van der Waals surface area contributed by atoms with Crippen molar-refractivity contribution in [3.05, 3.63) is 35.5 Å². The summed E-state index contributed by atoms with van der Waals surface area (Å²) >= 11 is 0. The van der Waals surface area contributed by atoms with Gasteiger partial charge in [-0.1, -0.05) is 39.0 Å². The molecular weight excluding hydrogens is 258 g/mol. The topological polar surface area (TPSA) is 32.9 Å². The van der Waals surface area contributed by atoms with Crippen molar-refractivity contribution < 1.29 is 4.79 Å². The molecule has 2 nitrogen and oxygen atoms in total. The van der Waals surface area contributed by atoms with E-state index in [4.69, 9.17) is 0 Å². The van der Waals surface area contributed by atoms with Gasteiger partial charge in [-0.3, -0.25) is 4.79 Å². The first kappa shape index (κ1) is 13.1. The van der Waals surface area contributed by atoms with Crippen molar-refractivity contribution in [2.45, 2.75) is 46.0 Å². The van der Waals surface area contributed by atoms with Crippen LogP contribution in [0.25, 0.3) is 10.9 Å². The Morgan fingerprint density at radius 3 is 2.62 bits per heavy atom. The van der Waals surface area contributed by atoms with Gasteiger partial charge in [-0.05, 0) is 48.1 Å². The Morgan fingerprint density at radius 2 is 1.86 bits per heavy atom. The lowest BCUT2D eigenvalue weighted by Gasteiger charge is -2.39. The third-order valence-electron chi connectivity index (χ3n) is 5.78. The lowest BCUT2D eigenvalue weighted by atomic mass is 9.65. The van der Waals surface area contributed by atoms with Crippen molar-refractivity contribution in [2.24, 2.45) is 17.3 Å². The van der Waals surface area contributed by atoms with E-state index in [-0.39, 0.29) is 5.92 Å². The highest BCUT2D eigenvalue weighted by atomic mass is 16.1. The summed E-state index contributed by atoms with van der Waals surface area (Å²) in [6, 6.07) is 8.37. The van der Waals surface area contributed by atoms with E-state index in [1.165, 1.54) is 17.4 Å². The molecule has 0 unspecified atom stereocenters. The molecule has 110 valence electrons. The number of hydrogen-bond acceptors (Lipinski definition) is 1. The Labute approximate surface area is 125 Å². The predicted octanol–water partition coefficient (Wildman–Crippen LogP) is 4.91. The number of aromatic nitrogens is 1. The Hall–Kier alpha value is -1.57. The highest BCUT2D eigenvalue weighted by Crippen LogP contribution is 2.53. The van der Waals surface area contributed by atoms with E-state index in [1.54, 1.807) is 0 Å². The van der Waals surface area contributed by atoms with Crippen LogP contribution in [0.3, 0.4) is 0 Å². The summed E-state index contributed by atoms with van der Waals surface area (Å²) in [5, 5.41) is 1.27. The number of ketones is 1. The third-order valence-corrected chi connectivity index (χ3v) is 5.78. The highest BCUT2D eigenvalue weighted by molar-refractivity contribution is 6.07. The monoisotopic (exact) mass is 281 g/mol. The molecule has 2 aliphatic rings. The molecule has 0 bridgehead atoms. The second-order valence-electron chi connectivity index (χ2n) is 7.91. The maximum atomic E-state index is 12.7. The molecule has 3 atom stereocenters. The van der Waals surface area contributed by atoms with Gasteiger partial charge in [0.25, 0.3) is 0 Å². The van der Waals surface area contributed by atoms with Crippen LogP contribution in [0, 0.1) is 17.3 Å². The van der Waals surface area contributed by atoms with Gasteiger partial charge in [-0.25, -0.2) is 0 Å².